The van der Waals surface area contributed by atoms with Gasteiger partial charge in [-0.05, 0) is 51.0 Å². The van der Waals surface area contributed by atoms with Gasteiger partial charge in [0.15, 0.2) is 0 Å². The Morgan fingerprint density at radius 3 is 1.25 bits per heavy atom. The summed E-state index contributed by atoms with van der Waals surface area (Å²) in [6.07, 6.45) is 0. The Hall–Kier alpha value is 0.388. The van der Waals surface area contributed by atoms with Gasteiger partial charge in [0.25, 0.3) is 0 Å². The van der Waals surface area contributed by atoms with E-state index in [4.69, 9.17) is 21.9 Å². The van der Waals surface area contributed by atoms with Crippen LogP contribution in [0.1, 0.15) is 55.4 Å². The van der Waals surface area contributed by atoms with Crippen LogP contribution in [0.2, 0.25) is 0 Å². The second-order valence-corrected chi connectivity index (χ2v) is 9.44. The summed E-state index contributed by atoms with van der Waals surface area (Å²) in [7, 11) is 2.73. The molecule has 0 aromatic heterocycles. The van der Waals surface area contributed by atoms with E-state index in [0.29, 0.717) is 5.16 Å². The molecule has 0 heterocycles. The average Bonchev–Trinajstić information content (AvgIpc) is 2.68. The van der Waals surface area contributed by atoms with Crippen molar-refractivity contribution in [1.82, 2.24) is 5.32 Å². The first-order valence-corrected chi connectivity index (χ1v) is 8.77. The number of allylic oxidation sites excluding steroid dienone is 4. The van der Waals surface area contributed by atoms with Crippen molar-refractivity contribution in [2.45, 2.75) is 65.7 Å². The summed E-state index contributed by atoms with van der Waals surface area (Å²) < 4.78 is 15.0. The molecule has 137 valence electrons. The molecule has 0 saturated carbocycles. The van der Waals surface area contributed by atoms with Gasteiger partial charge in [0.1, 0.15) is 0 Å². The normalized spacial score (nSPS) is 15.4. The molecule has 1 rings (SSSR count). The average molecular weight is 539 g/mol. The number of rotatable bonds is 2. The van der Waals surface area contributed by atoms with E-state index in [-0.39, 0.29) is 26.2 Å². The van der Waals surface area contributed by atoms with Crippen LogP contribution < -0.4 is 5.32 Å². The molecular formula is C18H30NO2PSW-. The monoisotopic (exact) mass is 539 g/mol. The maximum atomic E-state index is 7.50. The van der Waals surface area contributed by atoms with E-state index < -0.39 is 0 Å². The Morgan fingerprint density at radius 1 is 0.875 bits per heavy atom. The number of hydrogen-bond donors (Lipinski definition) is 1. The van der Waals surface area contributed by atoms with Crippen molar-refractivity contribution < 1.29 is 30.4 Å². The van der Waals surface area contributed by atoms with Crippen molar-refractivity contribution in [3.63, 3.8) is 0 Å². The van der Waals surface area contributed by atoms with Crippen molar-refractivity contribution in [2.24, 2.45) is 0 Å². The molecule has 0 bridgehead atoms. The maximum Gasteiger partial charge on any atom is 0 e. The molecule has 0 aromatic carbocycles. The van der Waals surface area contributed by atoms with Gasteiger partial charge in [-0.1, -0.05) is 44.0 Å². The second kappa shape index (κ2) is 16.8. The molecule has 1 aliphatic rings. The van der Waals surface area contributed by atoms with E-state index in [0.717, 1.165) is 8.58 Å². The first kappa shape index (κ1) is 32.1. The van der Waals surface area contributed by atoms with Crippen LogP contribution in [0.5, 0.6) is 0 Å². The summed E-state index contributed by atoms with van der Waals surface area (Å²) in [6, 6.07) is 0. The molecule has 0 spiro atoms. The molecule has 2 atom stereocenters. The zero-order valence-corrected chi connectivity index (χ0v) is 21.0. The van der Waals surface area contributed by atoms with Crippen LogP contribution in [0.3, 0.4) is 0 Å². The summed E-state index contributed by atoms with van der Waals surface area (Å²) >= 11 is 5.09. The van der Waals surface area contributed by atoms with Crippen LogP contribution in [0, 0.1) is 19.2 Å². The number of hydrogen-bond acceptors (Lipinski definition) is 2. The van der Waals surface area contributed by atoms with Crippen LogP contribution in [-0.4, -0.2) is 17.3 Å². The summed E-state index contributed by atoms with van der Waals surface area (Å²) in [4.78, 5) is 0. The van der Waals surface area contributed by atoms with E-state index in [1.807, 2.05) is 7.05 Å². The van der Waals surface area contributed by atoms with Crippen molar-refractivity contribution in [3.8, 4) is 0 Å². The van der Waals surface area contributed by atoms with Gasteiger partial charge in [0, 0.05) is 27.0 Å². The van der Waals surface area contributed by atoms with Crippen LogP contribution >= 0.6 is 8.58 Å². The van der Waals surface area contributed by atoms with Gasteiger partial charge in [0.05, 0.1) is 0 Å². The van der Waals surface area contributed by atoms with E-state index in [1.165, 1.54) is 28.2 Å². The summed E-state index contributed by atoms with van der Waals surface area (Å²) in [5.74, 6) is 1.47. The maximum absolute atomic E-state index is 7.50. The van der Waals surface area contributed by atoms with E-state index >= 15 is 0 Å². The van der Waals surface area contributed by atoms with Gasteiger partial charge >= 0.3 is 22.6 Å². The second-order valence-electron chi connectivity index (χ2n) is 6.19. The van der Waals surface area contributed by atoms with Gasteiger partial charge in [-0.15, -0.1) is 8.58 Å². The van der Waals surface area contributed by atoms with Crippen LogP contribution in [0.15, 0.2) is 22.3 Å². The summed E-state index contributed by atoms with van der Waals surface area (Å²) in [5, 5.41) is 3.69. The topological polar surface area (TPSA) is 51.8 Å². The smallest absolute Gasteiger partial charge is 0 e. The zero-order valence-electron chi connectivity index (χ0n) is 16.2. The standard InChI is InChI=1S/C10H15.C6H16NPS.2CO.W/c1-6-7(2)9(4)10(5)8(6)3;1-6(2,3)8-5(9)7-4;2*1-2;/h1-5H3;5,7-9H,1-4H3;;;/p-1. The molecule has 0 amide bonds. The van der Waals surface area contributed by atoms with Gasteiger partial charge in [-0.3, -0.25) is 0 Å². The van der Waals surface area contributed by atoms with E-state index in [9.17, 15) is 0 Å². The molecule has 3 nitrogen and oxygen atoms in total. The van der Waals surface area contributed by atoms with Gasteiger partial charge in [-0.25, -0.2) is 0 Å². The minimum absolute atomic E-state index is 0. The summed E-state index contributed by atoms with van der Waals surface area (Å²) in [5.41, 5.74) is 5.87. The quantitative estimate of drug-likeness (QED) is 0.240. The van der Waals surface area contributed by atoms with E-state index in [1.54, 1.807) is 0 Å². The fourth-order valence-electron chi connectivity index (χ4n) is 1.87. The molecule has 2 unspecified atom stereocenters. The van der Waals surface area contributed by atoms with Crippen LogP contribution in [-0.2, 0) is 43.0 Å². The third-order valence-electron chi connectivity index (χ3n) is 3.64. The van der Waals surface area contributed by atoms with E-state index in [2.05, 4.69) is 74.0 Å². The Bertz CT molecular complexity index is 421. The number of nitrogens with one attached hydrogen (secondary N) is 1. The molecule has 0 aromatic rings. The van der Waals surface area contributed by atoms with Gasteiger partial charge in [0.2, 0.25) is 0 Å². The van der Waals surface area contributed by atoms with Gasteiger partial charge < -0.3 is 17.9 Å². The minimum Gasteiger partial charge on any atom is 0 e. The zero-order chi connectivity index (χ0) is 19.4. The first-order chi connectivity index (χ1) is 10.5. The predicted octanol–water partition coefficient (Wildman–Crippen LogP) is 4.70. The molecule has 1 N–H and O–H groups in total. The third-order valence-corrected chi connectivity index (χ3v) is 5.64. The molecule has 24 heavy (non-hydrogen) atoms. The Kier molecular flexibility index (Phi) is 22.5. The minimum atomic E-state index is 0. The molecule has 1 radical (unpaired) electrons. The molecule has 0 aliphatic heterocycles. The fourth-order valence-corrected chi connectivity index (χ4v) is 3.86. The Morgan fingerprint density at radius 2 is 1.17 bits per heavy atom. The fraction of sp³-hybridized carbons (Fsp3) is 0.611. The van der Waals surface area contributed by atoms with Crippen molar-refractivity contribution in [1.29, 1.82) is 0 Å². The Balaban J connectivity index is -0.000000134. The van der Waals surface area contributed by atoms with Crippen molar-refractivity contribution in [3.05, 3.63) is 41.5 Å². The molecule has 1 aliphatic carbocycles. The van der Waals surface area contributed by atoms with Crippen LogP contribution in [0.25, 0.3) is 0 Å². The molecule has 6 heteroatoms. The van der Waals surface area contributed by atoms with Crippen LogP contribution in [0.4, 0.5) is 0 Å². The van der Waals surface area contributed by atoms with Crippen molar-refractivity contribution >= 4 is 21.2 Å². The van der Waals surface area contributed by atoms with Crippen molar-refractivity contribution in [2.75, 3.05) is 7.05 Å². The SMILES string of the molecule is CNC([S-])PC(C)(C)C.C[C]1C(C)=C(C)C(C)=C1C.[C-]#[O+].[C-]#[O+].[W]. The first-order valence-electron chi connectivity index (χ1n) is 7.22. The molecular weight excluding hydrogens is 509 g/mol. The largest absolute Gasteiger partial charge is 0 e. The third kappa shape index (κ3) is 13.7. The van der Waals surface area contributed by atoms with Gasteiger partial charge in [-0.2, -0.15) is 0 Å². The molecule has 0 fully saturated rings. The molecule has 0 saturated heterocycles. The Labute approximate surface area is 170 Å². The summed E-state index contributed by atoms with van der Waals surface area (Å²) in [6.45, 7) is 26.6. The predicted molar refractivity (Wildman–Crippen MR) is 102 cm³/mol.